The molecule has 0 aliphatic heterocycles. The minimum absolute atomic E-state index is 1.05. The van der Waals surface area contributed by atoms with Gasteiger partial charge < -0.3 is 0 Å². The fraction of sp³-hybridized carbons (Fsp3) is 0.375. The monoisotopic (exact) mass is 106 g/mol. The maximum Gasteiger partial charge on any atom is -0.00930 e. The zero-order valence-corrected chi connectivity index (χ0v) is 4.93. The molecule has 0 aromatic heterocycles. The van der Waals surface area contributed by atoms with E-state index in [9.17, 15) is 0 Å². The number of rotatable bonds is 0. The lowest BCUT2D eigenvalue weighted by Gasteiger charge is -1.86. The van der Waals surface area contributed by atoms with E-state index in [1.807, 2.05) is 0 Å². The normalized spacial score (nSPS) is 22.0. The minimum atomic E-state index is 1.05. The molecule has 0 heterocycles. The summed E-state index contributed by atoms with van der Waals surface area (Å²) in [6.07, 6.45) is 11.9. The second-order valence-electron chi connectivity index (χ2n) is 1.86. The van der Waals surface area contributed by atoms with E-state index in [0.29, 0.717) is 0 Å². The first-order valence-corrected chi connectivity index (χ1v) is 3.04. The summed E-state index contributed by atoms with van der Waals surface area (Å²) >= 11 is 0. The third kappa shape index (κ3) is 1.81. The highest BCUT2D eigenvalue weighted by Crippen LogP contribution is 1.96. The van der Waals surface area contributed by atoms with Crippen molar-refractivity contribution in [3.63, 3.8) is 0 Å². The van der Waals surface area contributed by atoms with E-state index in [2.05, 4.69) is 30.0 Å². The van der Waals surface area contributed by atoms with Crippen molar-refractivity contribution in [2.75, 3.05) is 0 Å². The highest BCUT2D eigenvalue weighted by molar-refractivity contribution is 4.97. The molecule has 0 aromatic carbocycles. The number of allylic oxidation sites excluding steroid dienone is 3. The van der Waals surface area contributed by atoms with Gasteiger partial charge in [-0.2, -0.15) is 0 Å². The molecular formula is C8H10. The molecule has 8 heavy (non-hydrogen) atoms. The van der Waals surface area contributed by atoms with E-state index in [1.165, 1.54) is 6.42 Å². The molecule has 1 aliphatic rings. The molecular weight excluding hydrogens is 96.1 g/mol. The molecule has 0 amide bonds. The first-order valence-electron chi connectivity index (χ1n) is 3.04. The third-order valence-electron chi connectivity index (χ3n) is 1.13. The van der Waals surface area contributed by atoms with Crippen molar-refractivity contribution < 1.29 is 0 Å². The molecule has 0 spiro atoms. The summed E-state index contributed by atoms with van der Waals surface area (Å²) in [6, 6.07) is 0. The topological polar surface area (TPSA) is 0 Å². The average Bonchev–Trinajstić information content (AvgIpc) is 1.62. The zero-order valence-electron chi connectivity index (χ0n) is 4.93. The molecule has 0 unspecified atom stereocenters. The van der Waals surface area contributed by atoms with Crippen LogP contribution in [0.1, 0.15) is 19.3 Å². The van der Waals surface area contributed by atoms with E-state index in [4.69, 9.17) is 0 Å². The fourth-order valence-corrected chi connectivity index (χ4v) is 0.696. The second kappa shape index (κ2) is 3.29. The molecule has 0 fully saturated rings. The molecule has 0 nitrogen and oxygen atoms in total. The standard InChI is InChI=1S/C8H10/c1-2-4-6-8-7-5-3-1/h1-2,5,8H,3-4,6H2/b2-1-. The highest BCUT2D eigenvalue weighted by atomic mass is 13.8. The van der Waals surface area contributed by atoms with E-state index in [1.54, 1.807) is 0 Å². The molecule has 0 N–H and O–H groups in total. The summed E-state index contributed by atoms with van der Waals surface area (Å²) in [5, 5.41) is 0. The predicted molar refractivity (Wildman–Crippen MR) is 35.6 cm³/mol. The largest absolute Gasteiger partial charge is 0.129 e. The van der Waals surface area contributed by atoms with Crippen LogP contribution in [0.15, 0.2) is 30.0 Å². The molecule has 0 radical (unpaired) electrons. The lowest BCUT2D eigenvalue weighted by atomic mass is 10.2. The summed E-state index contributed by atoms with van der Waals surface area (Å²) in [5.74, 6) is 0. The van der Waals surface area contributed by atoms with Crippen LogP contribution in [0, 0.1) is 0 Å². The van der Waals surface area contributed by atoms with Crippen LogP contribution >= 0.6 is 0 Å². The summed E-state index contributed by atoms with van der Waals surface area (Å²) in [6.45, 7) is 0. The average molecular weight is 106 g/mol. The van der Waals surface area contributed by atoms with Gasteiger partial charge in [0.2, 0.25) is 0 Å². The Morgan fingerprint density at radius 2 is 2.00 bits per heavy atom. The molecule has 0 atom stereocenters. The van der Waals surface area contributed by atoms with Gasteiger partial charge in [0, 0.05) is 0 Å². The summed E-state index contributed by atoms with van der Waals surface area (Å²) in [4.78, 5) is 0. The van der Waals surface area contributed by atoms with Crippen LogP contribution in [-0.2, 0) is 0 Å². The first kappa shape index (κ1) is 5.40. The Hall–Kier alpha value is -0.740. The van der Waals surface area contributed by atoms with Gasteiger partial charge in [-0.15, -0.1) is 5.73 Å². The molecule has 0 saturated heterocycles. The van der Waals surface area contributed by atoms with Gasteiger partial charge in [0.15, 0.2) is 0 Å². The van der Waals surface area contributed by atoms with E-state index in [0.717, 1.165) is 12.8 Å². The van der Waals surface area contributed by atoms with Gasteiger partial charge in [-0.3, -0.25) is 0 Å². The molecule has 1 rings (SSSR count). The zero-order chi connectivity index (χ0) is 5.66. The summed E-state index contributed by atoms with van der Waals surface area (Å²) < 4.78 is 0. The molecule has 1 aliphatic carbocycles. The summed E-state index contributed by atoms with van der Waals surface area (Å²) in [5.41, 5.74) is 3.09. The Kier molecular flexibility index (Phi) is 2.22. The molecule has 42 valence electrons. The van der Waals surface area contributed by atoms with Crippen LogP contribution in [-0.4, -0.2) is 0 Å². The lowest BCUT2D eigenvalue weighted by molar-refractivity contribution is 1.04. The number of hydrogen-bond donors (Lipinski definition) is 0. The maximum absolute atomic E-state index is 3.09. The van der Waals surface area contributed by atoms with E-state index >= 15 is 0 Å². The van der Waals surface area contributed by atoms with Gasteiger partial charge in [-0.1, -0.05) is 12.2 Å². The van der Waals surface area contributed by atoms with Gasteiger partial charge in [-0.25, -0.2) is 0 Å². The maximum atomic E-state index is 3.09. The molecule has 0 saturated carbocycles. The van der Waals surface area contributed by atoms with Crippen LogP contribution in [0.3, 0.4) is 0 Å². The van der Waals surface area contributed by atoms with Crippen LogP contribution < -0.4 is 0 Å². The number of hydrogen-bond acceptors (Lipinski definition) is 0. The van der Waals surface area contributed by atoms with Crippen molar-refractivity contribution in [1.29, 1.82) is 0 Å². The van der Waals surface area contributed by atoms with Crippen molar-refractivity contribution in [1.82, 2.24) is 0 Å². The van der Waals surface area contributed by atoms with Gasteiger partial charge in [0.25, 0.3) is 0 Å². The van der Waals surface area contributed by atoms with Crippen LogP contribution in [0.25, 0.3) is 0 Å². The van der Waals surface area contributed by atoms with Crippen LogP contribution in [0.5, 0.6) is 0 Å². The lowest BCUT2D eigenvalue weighted by Crippen LogP contribution is -1.66. The Morgan fingerprint density at radius 3 is 3.00 bits per heavy atom. The van der Waals surface area contributed by atoms with Crippen molar-refractivity contribution in [2.45, 2.75) is 19.3 Å². The van der Waals surface area contributed by atoms with Gasteiger partial charge in [0.1, 0.15) is 0 Å². The fourth-order valence-electron chi connectivity index (χ4n) is 0.696. The Balaban J connectivity index is 2.51. The third-order valence-corrected chi connectivity index (χ3v) is 1.13. The SMILES string of the molecule is C1=CC/C=C\CCC=1. The predicted octanol–water partition coefficient (Wildman–Crippen LogP) is 2.44. The molecule has 0 aromatic rings. The Morgan fingerprint density at radius 1 is 1.00 bits per heavy atom. The van der Waals surface area contributed by atoms with Crippen LogP contribution in [0.4, 0.5) is 0 Å². The smallest absolute Gasteiger partial charge is 0.00930 e. The Labute approximate surface area is 50.2 Å². The van der Waals surface area contributed by atoms with E-state index < -0.39 is 0 Å². The first-order chi connectivity index (χ1) is 4.00. The second-order valence-corrected chi connectivity index (χ2v) is 1.86. The van der Waals surface area contributed by atoms with Crippen molar-refractivity contribution in [2.24, 2.45) is 0 Å². The van der Waals surface area contributed by atoms with Gasteiger partial charge in [0.05, 0.1) is 0 Å². The van der Waals surface area contributed by atoms with Gasteiger partial charge >= 0.3 is 0 Å². The Bertz CT molecular complexity index is 134. The van der Waals surface area contributed by atoms with Crippen molar-refractivity contribution >= 4 is 0 Å². The minimum Gasteiger partial charge on any atom is -0.129 e. The van der Waals surface area contributed by atoms with Gasteiger partial charge in [-0.05, 0) is 31.4 Å². The van der Waals surface area contributed by atoms with Crippen molar-refractivity contribution in [3.05, 3.63) is 30.0 Å². The molecule has 0 heteroatoms. The van der Waals surface area contributed by atoms with Crippen molar-refractivity contribution in [3.8, 4) is 0 Å². The quantitative estimate of drug-likeness (QED) is 0.328. The van der Waals surface area contributed by atoms with E-state index in [-0.39, 0.29) is 0 Å². The van der Waals surface area contributed by atoms with Crippen LogP contribution in [0.2, 0.25) is 0 Å². The highest BCUT2D eigenvalue weighted by Gasteiger charge is 1.77. The summed E-state index contributed by atoms with van der Waals surface area (Å²) in [7, 11) is 0. The molecule has 0 bridgehead atoms.